The van der Waals surface area contributed by atoms with Crippen LogP contribution in [0.25, 0.3) is 16.6 Å². The average molecular weight is 517 g/mol. The minimum Gasteiger partial charge on any atom is -0.494 e. The zero-order valence-electron chi connectivity index (χ0n) is 18.7. The lowest BCUT2D eigenvalue weighted by Gasteiger charge is -2.14. The summed E-state index contributed by atoms with van der Waals surface area (Å²) in [7, 11) is 1.19. The van der Waals surface area contributed by atoms with E-state index < -0.39 is 40.8 Å². The molecular formula is C24H19F3N4O4S. The van der Waals surface area contributed by atoms with Gasteiger partial charge in [-0.15, -0.1) is 0 Å². The van der Waals surface area contributed by atoms with Gasteiger partial charge in [0.25, 0.3) is 5.56 Å². The molecule has 0 radical (unpaired) electrons. The lowest BCUT2D eigenvalue weighted by atomic mass is 10.1. The number of carbonyl (C=O) groups is 1. The second-order valence-corrected chi connectivity index (χ2v) is 8.15. The Morgan fingerprint density at radius 3 is 2.72 bits per heavy atom. The summed E-state index contributed by atoms with van der Waals surface area (Å²) in [5, 5.41) is 11.7. The number of nitrogens with zero attached hydrogens (tertiary/aromatic N) is 2. The molecule has 0 spiro atoms. The molecule has 0 aliphatic carbocycles. The minimum absolute atomic E-state index is 0.124. The smallest absolute Gasteiger partial charge is 0.416 e. The van der Waals surface area contributed by atoms with Gasteiger partial charge in [-0.3, -0.25) is 19.3 Å². The molecule has 4 rings (SSSR count). The SMILES string of the molecule is COC(=O)C(Cc1c[nH]c2ccccc12)N=Cc1c(O)n(-c2cccc(C(F)(F)F)c2)c(=S)[nH]c1=O. The van der Waals surface area contributed by atoms with Crippen molar-refractivity contribution in [3.63, 3.8) is 0 Å². The van der Waals surface area contributed by atoms with E-state index in [-0.39, 0.29) is 16.9 Å². The molecule has 0 aliphatic heterocycles. The van der Waals surface area contributed by atoms with Crippen molar-refractivity contribution in [2.75, 3.05) is 7.11 Å². The number of ether oxygens (including phenoxy) is 1. The van der Waals surface area contributed by atoms with Gasteiger partial charge in [0, 0.05) is 29.7 Å². The van der Waals surface area contributed by atoms with E-state index in [0.29, 0.717) is 0 Å². The first-order valence-electron chi connectivity index (χ1n) is 10.5. The first kappa shape index (κ1) is 24.9. The molecule has 0 bridgehead atoms. The largest absolute Gasteiger partial charge is 0.494 e. The quantitative estimate of drug-likeness (QED) is 0.201. The van der Waals surface area contributed by atoms with Gasteiger partial charge in [-0.2, -0.15) is 13.2 Å². The number of rotatable bonds is 6. The lowest BCUT2D eigenvalue weighted by molar-refractivity contribution is -0.142. The Labute approximate surface area is 206 Å². The number of hydrogen-bond acceptors (Lipinski definition) is 6. The van der Waals surface area contributed by atoms with E-state index >= 15 is 0 Å². The maximum absolute atomic E-state index is 13.2. The maximum Gasteiger partial charge on any atom is 0.416 e. The third kappa shape index (κ3) is 4.93. The van der Waals surface area contributed by atoms with E-state index in [1.165, 1.54) is 13.2 Å². The second kappa shape index (κ2) is 9.82. The number of hydrogen-bond donors (Lipinski definition) is 3. The van der Waals surface area contributed by atoms with Crippen molar-refractivity contribution < 1.29 is 27.8 Å². The summed E-state index contributed by atoms with van der Waals surface area (Å²) in [5.74, 6) is -1.42. The summed E-state index contributed by atoms with van der Waals surface area (Å²) >= 11 is 5.07. The predicted octanol–water partition coefficient (Wildman–Crippen LogP) is 4.30. The van der Waals surface area contributed by atoms with Crippen LogP contribution in [0.4, 0.5) is 13.2 Å². The molecule has 12 heteroatoms. The number of aromatic amines is 2. The van der Waals surface area contributed by atoms with Gasteiger partial charge in [-0.05, 0) is 42.0 Å². The zero-order valence-corrected chi connectivity index (χ0v) is 19.5. The van der Waals surface area contributed by atoms with Crippen molar-refractivity contribution in [1.82, 2.24) is 14.5 Å². The van der Waals surface area contributed by atoms with Crippen LogP contribution < -0.4 is 5.56 Å². The van der Waals surface area contributed by atoms with Crippen LogP contribution in [0.15, 0.2) is 64.5 Å². The predicted molar refractivity (Wildman–Crippen MR) is 129 cm³/mol. The fourth-order valence-corrected chi connectivity index (χ4v) is 4.01. The number of benzene rings is 2. The van der Waals surface area contributed by atoms with E-state index in [0.717, 1.165) is 45.4 Å². The second-order valence-electron chi connectivity index (χ2n) is 7.76. The summed E-state index contributed by atoms with van der Waals surface area (Å²) in [4.78, 5) is 34.5. The third-order valence-corrected chi connectivity index (χ3v) is 5.78. The molecule has 2 aromatic carbocycles. The fraction of sp³-hybridized carbons (Fsp3) is 0.167. The summed E-state index contributed by atoms with van der Waals surface area (Å²) in [6, 6.07) is 10.5. The van der Waals surface area contributed by atoms with Crippen molar-refractivity contribution in [2.45, 2.75) is 18.6 Å². The highest BCUT2D eigenvalue weighted by molar-refractivity contribution is 7.71. The van der Waals surface area contributed by atoms with Crippen LogP contribution in [0, 0.1) is 4.77 Å². The molecule has 0 saturated carbocycles. The molecule has 0 amide bonds. The molecule has 0 fully saturated rings. The molecule has 4 aromatic rings. The molecular weight excluding hydrogens is 497 g/mol. The van der Waals surface area contributed by atoms with Crippen molar-refractivity contribution in [2.24, 2.45) is 4.99 Å². The van der Waals surface area contributed by atoms with Crippen molar-refractivity contribution >= 4 is 35.3 Å². The van der Waals surface area contributed by atoms with E-state index in [4.69, 9.17) is 17.0 Å². The van der Waals surface area contributed by atoms with Crippen molar-refractivity contribution in [3.8, 4) is 11.6 Å². The minimum atomic E-state index is -4.63. The molecule has 3 N–H and O–H groups in total. The highest BCUT2D eigenvalue weighted by Gasteiger charge is 2.31. The molecule has 36 heavy (non-hydrogen) atoms. The number of para-hydroxylation sites is 1. The summed E-state index contributed by atoms with van der Waals surface area (Å²) in [6.45, 7) is 0. The molecule has 1 atom stereocenters. The first-order valence-corrected chi connectivity index (χ1v) is 10.9. The Kier molecular flexibility index (Phi) is 6.80. The Morgan fingerprint density at radius 1 is 1.25 bits per heavy atom. The van der Waals surface area contributed by atoms with Crippen LogP contribution in [0.5, 0.6) is 5.88 Å². The van der Waals surface area contributed by atoms with E-state index in [1.54, 1.807) is 6.20 Å². The number of halogens is 3. The van der Waals surface area contributed by atoms with Gasteiger partial charge in [0.2, 0.25) is 5.88 Å². The normalized spacial score (nSPS) is 12.8. The summed E-state index contributed by atoms with van der Waals surface area (Å²) in [5.41, 5.74) is -0.684. The lowest BCUT2D eigenvalue weighted by Crippen LogP contribution is -2.24. The topological polar surface area (TPSA) is 112 Å². The Morgan fingerprint density at radius 2 is 2.00 bits per heavy atom. The number of aromatic nitrogens is 3. The number of fused-ring (bicyclic) bond motifs is 1. The Bertz CT molecular complexity index is 1590. The highest BCUT2D eigenvalue weighted by Crippen LogP contribution is 2.31. The number of nitrogens with one attached hydrogen (secondary N) is 2. The maximum atomic E-state index is 13.2. The summed E-state index contributed by atoms with van der Waals surface area (Å²) in [6.07, 6.45) is -1.80. The van der Waals surface area contributed by atoms with Crippen LogP contribution in [-0.2, 0) is 22.1 Å². The number of alkyl halides is 3. The number of aromatic hydroxyl groups is 1. The number of H-pyrrole nitrogens is 2. The standard InChI is InChI=1S/C24H19F3N4O4S/c1-35-22(34)19(9-13-11-28-18-8-3-2-7-16(13)18)29-12-17-20(32)30-23(36)31(21(17)33)15-6-4-5-14(10-15)24(25,26)27/h2-8,10-12,19,28,33H,9H2,1H3,(H,30,32,36). The molecule has 8 nitrogen and oxygen atoms in total. The number of carbonyl (C=O) groups excluding carboxylic acids is 1. The summed E-state index contributed by atoms with van der Waals surface area (Å²) < 4.78 is 44.9. The molecule has 0 aliphatic rings. The van der Waals surface area contributed by atoms with Gasteiger partial charge in [-0.25, -0.2) is 4.79 Å². The van der Waals surface area contributed by atoms with E-state index in [9.17, 15) is 27.9 Å². The van der Waals surface area contributed by atoms with Gasteiger partial charge < -0.3 is 14.8 Å². The van der Waals surface area contributed by atoms with Crippen LogP contribution in [0.3, 0.4) is 0 Å². The molecule has 0 saturated heterocycles. The van der Waals surface area contributed by atoms with Crippen LogP contribution in [-0.4, -0.2) is 45.0 Å². The molecule has 186 valence electrons. The Hall–Kier alpha value is -4.19. The van der Waals surface area contributed by atoms with Gasteiger partial charge in [0.05, 0.1) is 18.4 Å². The monoisotopic (exact) mass is 516 g/mol. The van der Waals surface area contributed by atoms with E-state index in [2.05, 4.69) is 15.0 Å². The molecule has 2 aromatic heterocycles. The number of esters is 1. The fourth-order valence-electron chi connectivity index (χ4n) is 3.72. The number of aliphatic imine (C=N–C) groups is 1. The van der Waals surface area contributed by atoms with E-state index in [1.807, 2.05) is 24.3 Å². The first-order chi connectivity index (χ1) is 17.1. The molecule has 1 unspecified atom stereocenters. The third-order valence-electron chi connectivity index (χ3n) is 5.50. The molecule has 2 heterocycles. The highest BCUT2D eigenvalue weighted by atomic mass is 32.1. The van der Waals surface area contributed by atoms with Crippen LogP contribution in [0.1, 0.15) is 16.7 Å². The van der Waals surface area contributed by atoms with Crippen LogP contribution >= 0.6 is 12.2 Å². The van der Waals surface area contributed by atoms with Crippen LogP contribution in [0.2, 0.25) is 0 Å². The average Bonchev–Trinajstić information content (AvgIpc) is 3.25. The van der Waals surface area contributed by atoms with Crippen molar-refractivity contribution in [1.29, 1.82) is 0 Å². The number of methoxy groups -OCH3 is 1. The van der Waals surface area contributed by atoms with Gasteiger partial charge in [0.1, 0.15) is 5.56 Å². The van der Waals surface area contributed by atoms with Gasteiger partial charge in [-0.1, -0.05) is 24.3 Å². The van der Waals surface area contributed by atoms with Gasteiger partial charge in [0.15, 0.2) is 10.8 Å². The van der Waals surface area contributed by atoms with Gasteiger partial charge >= 0.3 is 12.1 Å². The zero-order chi connectivity index (χ0) is 26.0. The Balaban J connectivity index is 1.74. The van der Waals surface area contributed by atoms with Crippen molar-refractivity contribution in [3.05, 3.63) is 86.5 Å².